The summed E-state index contributed by atoms with van der Waals surface area (Å²) >= 11 is 0. The molecule has 2 rings (SSSR count). The molecule has 3 nitrogen and oxygen atoms in total. The first kappa shape index (κ1) is 14.0. The number of nitriles is 1. The second-order valence-corrected chi connectivity index (χ2v) is 5.45. The molecule has 0 aromatic heterocycles. The molecule has 0 bridgehead atoms. The van der Waals surface area contributed by atoms with Crippen molar-refractivity contribution in [1.82, 2.24) is 9.80 Å². The molecule has 0 spiro atoms. The smallest absolute Gasteiger partial charge is 0.129 e. The van der Waals surface area contributed by atoms with E-state index in [2.05, 4.69) is 23.9 Å². The number of benzene rings is 1. The van der Waals surface area contributed by atoms with E-state index in [0.717, 1.165) is 13.1 Å². The number of hydrogen-bond acceptors (Lipinski definition) is 3. The Morgan fingerprint density at radius 3 is 2.89 bits per heavy atom. The third-order valence-electron chi connectivity index (χ3n) is 3.63. The van der Waals surface area contributed by atoms with Crippen molar-refractivity contribution in [1.29, 1.82) is 5.26 Å². The molecule has 1 aliphatic rings. The lowest BCUT2D eigenvalue weighted by Gasteiger charge is -2.27. The van der Waals surface area contributed by atoms with Gasteiger partial charge in [0.1, 0.15) is 5.82 Å². The van der Waals surface area contributed by atoms with Crippen molar-refractivity contribution in [2.45, 2.75) is 25.4 Å². The SMILES string of the molecule is CN(C)CC1CCCN1Cc1ccc(C#N)cc1F. The third kappa shape index (κ3) is 3.52. The monoisotopic (exact) mass is 261 g/mol. The van der Waals surface area contributed by atoms with E-state index in [4.69, 9.17) is 5.26 Å². The number of nitrogens with zero attached hydrogens (tertiary/aromatic N) is 3. The average molecular weight is 261 g/mol. The van der Waals surface area contributed by atoms with Crippen LogP contribution in [0.25, 0.3) is 0 Å². The summed E-state index contributed by atoms with van der Waals surface area (Å²) in [5, 5.41) is 8.75. The Bertz CT molecular complexity index is 479. The zero-order valence-electron chi connectivity index (χ0n) is 11.6. The molecule has 0 N–H and O–H groups in total. The van der Waals surface area contributed by atoms with Gasteiger partial charge in [0.2, 0.25) is 0 Å². The van der Waals surface area contributed by atoms with Gasteiger partial charge in [-0.15, -0.1) is 0 Å². The third-order valence-corrected chi connectivity index (χ3v) is 3.63. The van der Waals surface area contributed by atoms with Gasteiger partial charge in [0, 0.05) is 24.7 Å². The van der Waals surface area contributed by atoms with Crippen LogP contribution in [0.5, 0.6) is 0 Å². The molecule has 1 saturated heterocycles. The Labute approximate surface area is 114 Å². The van der Waals surface area contributed by atoms with E-state index >= 15 is 0 Å². The van der Waals surface area contributed by atoms with E-state index in [1.807, 2.05) is 6.07 Å². The van der Waals surface area contributed by atoms with E-state index < -0.39 is 0 Å². The van der Waals surface area contributed by atoms with E-state index in [1.54, 1.807) is 12.1 Å². The fourth-order valence-electron chi connectivity index (χ4n) is 2.70. The second-order valence-electron chi connectivity index (χ2n) is 5.45. The van der Waals surface area contributed by atoms with Gasteiger partial charge >= 0.3 is 0 Å². The van der Waals surface area contributed by atoms with Crippen LogP contribution in [0.3, 0.4) is 0 Å². The fraction of sp³-hybridized carbons (Fsp3) is 0.533. The summed E-state index contributed by atoms with van der Waals surface area (Å²) in [6, 6.07) is 7.22. The maximum atomic E-state index is 13.9. The summed E-state index contributed by atoms with van der Waals surface area (Å²) in [6.07, 6.45) is 2.35. The molecule has 102 valence electrons. The summed E-state index contributed by atoms with van der Waals surface area (Å²) in [5.74, 6) is -0.269. The minimum atomic E-state index is -0.269. The van der Waals surface area contributed by atoms with Gasteiger partial charge in [-0.2, -0.15) is 5.26 Å². The number of rotatable bonds is 4. The second kappa shape index (κ2) is 6.14. The molecule has 1 aromatic carbocycles. The molecule has 1 atom stereocenters. The van der Waals surface area contributed by atoms with Gasteiger partial charge < -0.3 is 4.90 Å². The predicted molar refractivity (Wildman–Crippen MR) is 73.1 cm³/mol. The summed E-state index contributed by atoms with van der Waals surface area (Å²) in [5.41, 5.74) is 1.07. The van der Waals surface area contributed by atoms with Crippen LogP contribution >= 0.6 is 0 Å². The lowest BCUT2D eigenvalue weighted by atomic mass is 10.1. The van der Waals surface area contributed by atoms with Gasteiger partial charge in [0.05, 0.1) is 11.6 Å². The van der Waals surface area contributed by atoms with Crippen LogP contribution in [0, 0.1) is 17.1 Å². The minimum absolute atomic E-state index is 0.269. The van der Waals surface area contributed by atoms with Crippen molar-refractivity contribution in [3.05, 3.63) is 35.1 Å². The van der Waals surface area contributed by atoms with Crippen LogP contribution in [0.1, 0.15) is 24.0 Å². The maximum absolute atomic E-state index is 13.9. The number of likely N-dealkylation sites (N-methyl/N-ethyl adjacent to an activating group) is 1. The van der Waals surface area contributed by atoms with Crippen LogP contribution in [-0.2, 0) is 6.54 Å². The normalized spacial score (nSPS) is 19.8. The van der Waals surface area contributed by atoms with Gasteiger partial charge in [0.25, 0.3) is 0 Å². The van der Waals surface area contributed by atoms with Crippen molar-refractivity contribution in [3.8, 4) is 6.07 Å². The van der Waals surface area contributed by atoms with Crippen LogP contribution in [-0.4, -0.2) is 43.0 Å². The summed E-state index contributed by atoms with van der Waals surface area (Å²) in [6.45, 7) is 2.67. The number of hydrogen-bond donors (Lipinski definition) is 0. The van der Waals surface area contributed by atoms with Gasteiger partial charge in [0.15, 0.2) is 0 Å². The summed E-state index contributed by atoms with van der Waals surface area (Å²) in [4.78, 5) is 4.52. The van der Waals surface area contributed by atoms with Crippen molar-refractivity contribution >= 4 is 0 Å². The van der Waals surface area contributed by atoms with Crippen molar-refractivity contribution in [3.63, 3.8) is 0 Å². The highest BCUT2D eigenvalue weighted by atomic mass is 19.1. The Kier molecular flexibility index (Phi) is 4.52. The lowest BCUT2D eigenvalue weighted by molar-refractivity contribution is 0.199. The Morgan fingerprint density at radius 2 is 2.26 bits per heavy atom. The van der Waals surface area contributed by atoms with E-state index in [0.29, 0.717) is 23.7 Å². The van der Waals surface area contributed by atoms with Crippen LogP contribution in [0.15, 0.2) is 18.2 Å². The molecule has 1 heterocycles. The molecule has 0 radical (unpaired) electrons. The van der Waals surface area contributed by atoms with Gasteiger partial charge in [-0.25, -0.2) is 4.39 Å². The maximum Gasteiger partial charge on any atom is 0.129 e. The molecule has 4 heteroatoms. The van der Waals surface area contributed by atoms with Gasteiger partial charge in [-0.1, -0.05) is 6.07 Å². The Morgan fingerprint density at radius 1 is 1.47 bits per heavy atom. The predicted octanol–water partition coefficient (Wildman–Crippen LogP) is 2.22. The zero-order valence-corrected chi connectivity index (χ0v) is 11.6. The summed E-state index contributed by atoms with van der Waals surface area (Å²) < 4.78 is 13.9. The Hall–Kier alpha value is -1.44. The van der Waals surface area contributed by atoms with Crippen LogP contribution in [0.2, 0.25) is 0 Å². The lowest BCUT2D eigenvalue weighted by Crippen LogP contribution is -2.37. The molecule has 1 fully saturated rings. The molecule has 1 aromatic rings. The zero-order chi connectivity index (χ0) is 13.8. The van der Waals surface area contributed by atoms with E-state index in [-0.39, 0.29) is 5.82 Å². The first-order chi connectivity index (χ1) is 9.10. The fourth-order valence-corrected chi connectivity index (χ4v) is 2.70. The van der Waals surface area contributed by atoms with Crippen molar-refractivity contribution in [2.24, 2.45) is 0 Å². The number of likely N-dealkylation sites (tertiary alicyclic amines) is 1. The standard InChI is InChI=1S/C15H20FN3/c1-18(2)11-14-4-3-7-19(14)10-13-6-5-12(9-17)8-15(13)16/h5-6,8,14H,3-4,7,10-11H2,1-2H3. The molecule has 1 aliphatic heterocycles. The van der Waals surface area contributed by atoms with Crippen molar-refractivity contribution < 1.29 is 4.39 Å². The van der Waals surface area contributed by atoms with Crippen LogP contribution < -0.4 is 0 Å². The van der Waals surface area contributed by atoms with Gasteiger partial charge in [-0.05, 0) is 45.6 Å². The molecular weight excluding hydrogens is 241 g/mol. The molecule has 0 amide bonds. The minimum Gasteiger partial charge on any atom is -0.308 e. The molecular formula is C15H20FN3. The molecule has 0 aliphatic carbocycles. The number of halogens is 1. The molecule has 1 unspecified atom stereocenters. The highest BCUT2D eigenvalue weighted by Crippen LogP contribution is 2.22. The highest BCUT2D eigenvalue weighted by molar-refractivity contribution is 5.32. The average Bonchev–Trinajstić information content (AvgIpc) is 2.78. The van der Waals surface area contributed by atoms with Crippen molar-refractivity contribution in [2.75, 3.05) is 27.2 Å². The Balaban J connectivity index is 2.06. The van der Waals surface area contributed by atoms with E-state index in [9.17, 15) is 4.39 Å². The molecule has 0 saturated carbocycles. The van der Waals surface area contributed by atoms with Crippen LogP contribution in [0.4, 0.5) is 4.39 Å². The van der Waals surface area contributed by atoms with E-state index in [1.165, 1.54) is 18.9 Å². The highest BCUT2D eigenvalue weighted by Gasteiger charge is 2.25. The first-order valence-electron chi connectivity index (χ1n) is 6.67. The quantitative estimate of drug-likeness (QED) is 0.832. The molecule has 19 heavy (non-hydrogen) atoms. The summed E-state index contributed by atoms with van der Waals surface area (Å²) in [7, 11) is 4.14. The van der Waals surface area contributed by atoms with Gasteiger partial charge in [-0.3, -0.25) is 4.90 Å². The largest absolute Gasteiger partial charge is 0.308 e. The topological polar surface area (TPSA) is 30.3 Å². The first-order valence-corrected chi connectivity index (χ1v) is 6.67.